The molecule has 1 aliphatic rings. The summed E-state index contributed by atoms with van der Waals surface area (Å²) in [5.41, 5.74) is 0.0756. The fourth-order valence-corrected chi connectivity index (χ4v) is 4.83. The van der Waals surface area contributed by atoms with Gasteiger partial charge in [0, 0.05) is 23.0 Å². The largest absolute Gasteiger partial charge is 0.494 e. The van der Waals surface area contributed by atoms with Gasteiger partial charge < -0.3 is 20.1 Å². The van der Waals surface area contributed by atoms with Gasteiger partial charge >= 0.3 is 6.18 Å². The van der Waals surface area contributed by atoms with Crippen molar-refractivity contribution in [2.75, 3.05) is 17.2 Å². The number of hydrogen-bond donors (Lipinski definition) is 2. The van der Waals surface area contributed by atoms with Crippen molar-refractivity contribution in [1.82, 2.24) is 9.78 Å². The molecule has 4 aromatic rings. The molecular weight excluding hydrogens is 623 g/mol. The Bertz CT molecular complexity index is 1610. The molecule has 14 heteroatoms. The highest BCUT2D eigenvalue weighted by Gasteiger charge is 2.47. The maximum Gasteiger partial charge on any atom is 0.410 e. The number of fused-ring (bicyclic) bond motifs is 1. The zero-order valence-electron chi connectivity index (χ0n) is 21.9. The summed E-state index contributed by atoms with van der Waals surface area (Å²) in [4.78, 5) is 24.3. The van der Waals surface area contributed by atoms with Crippen molar-refractivity contribution in [1.29, 1.82) is 0 Å². The highest BCUT2D eigenvalue weighted by Crippen LogP contribution is 2.44. The Balaban J connectivity index is 1.43. The summed E-state index contributed by atoms with van der Waals surface area (Å²) in [5, 5.41) is 21.0. The number of nitrogens with one attached hydrogen (secondary N) is 2. The van der Waals surface area contributed by atoms with Crippen molar-refractivity contribution in [2.24, 2.45) is 0 Å². The highest BCUT2D eigenvalue weighted by atomic mass is 79.9. The molecular formula is C28H23BrF3N5O5. The molecule has 0 aliphatic carbocycles. The molecule has 0 unspecified atom stereocenters. The number of carbonyl (C=O) groups is 1. The van der Waals surface area contributed by atoms with Crippen LogP contribution in [0.5, 0.6) is 17.2 Å². The number of aromatic nitrogens is 2. The number of halogens is 4. The van der Waals surface area contributed by atoms with Crippen LogP contribution in [0.4, 0.5) is 30.4 Å². The lowest BCUT2D eigenvalue weighted by Crippen LogP contribution is -2.36. The van der Waals surface area contributed by atoms with Gasteiger partial charge in [0.1, 0.15) is 28.6 Å². The van der Waals surface area contributed by atoms with Crippen LogP contribution in [0.2, 0.25) is 0 Å². The Morgan fingerprint density at radius 1 is 1.12 bits per heavy atom. The number of hydrogen-bond acceptors (Lipinski definition) is 7. The summed E-state index contributed by atoms with van der Waals surface area (Å²) in [7, 11) is 0. The van der Waals surface area contributed by atoms with E-state index < -0.39 is 29.1 Å². The van der Waals surface area contributed by atoms with Crippen molar-refractivity contribution in [2.45, 2.75) is 31.6 Å². The van der Waals surface area contributed by atoms with Crippen LogP contribution in [0.3, 0.4) is 0 Å². The van der Waals surface area contributed by atoms with E-state index in [1.807, 2.05) is 6.92 Å². The number of rotatable bonds is 8. The Morgan fingerprint density at radius 2 is 1.81 bits per heavy atom. The first kappa shape index (κ1) is 28.9. The number of nitrogens with zero attached hydrogens (tertiary/aromatic N) is 3. The van der Waals surface area contributed by atoms with E-state index in [1.54, 1.807) is 48.5 Å². The van der Waals surface area contributed by atoms with Gasteiger partial charge in [0.15, 0.2) is 6.04 Å². The van der Waals surface area contributed by atoms with Crippen LogP contribution in [-0.4, -0.2) is 33.4 Å². The van der Waals surface area contributed by atoms with E-state index in [1.165, 1.54) is 12.1 Å². The molecule has 0 fully saturated rings. The molecule has 1 amide bonds. The van der Waals surface area contributed by atoms with Crippen molar-refractivity contribution in [3.63, 3.8) is 0 Å². The molecule has 42 heavy (non-hydrogen) atoms. The van der Waals surface area contributed by atoms with Crippen LogP contribution in [0.1, 0.15) is 41.3 Å². The van der Waals surface area contributed by atoms with Crippen molar-refractivity contribution in [3.05, 3.63) is 98.6 Å². The average molecular weight is 646 g/mol. The zero-order chi connectivity index (χ0) is 30.0. The van der Waals surface area contributed by atoms with E-state index in [0.717, 1.165) is 21.4 Å². The first-order valence-electron chi connectivity index (χ1n) is 12.7. The second kappa shape index (κ2) is 11.7. The van der Waals surface area contributed by atoms with Gasteiger partial charge in [-0.25, -0.2) is 4.68 Å². The van der Waals surface area contributed by atoms with E-state index in [-0.39, 0.29) is 34.9 Å². The number of non-ortho nitro benzene ring substituents is 1. The monoisotopic (exact) mass is 645 g/mol. The highest BCUT2D eigenvalue weighted by molar-refractivity contribution is 9.10. The van der Waals surface area contributed by atoms with E-state index in [2.05, 4.69) is 31.7 Å². The fourth-order valence-electron chi connectivity index (χ4n) is 4.57. The summed E-state index contributed by atoms with van der Waals surface area (Å²) in [6.07, 6.45) is -3.93. The van der Waals surface area contributed by atoms with Gasteiger partial charge in [-0.05, 0) is 48.9 Å². The summed E-state index contributed by atoms with van der Waals surface area (Å²) in [6, 6.07) is 14.3. The summed E-state index contributed by atoms with van der Waals surface area (Å²) < 4.78 is 54.8. The lowest BCUT2D eigenvalue weighted by atomic mass is 9.96. The molecule has 0 bridgehead atoms. The maximum atomic E-state index is 14.1. The van der Waals surface area contributed by atoms with Crippen molar-refractivity contribution >= 4 is 39.0 Å². The predicted octanol–water partition coefficient (Wildman–Crippen LogP) is 7.66. The van der Waals surface area contributed by atoms with Gasteiger partial charge in [-0.15, -0.1) is 0 Å². The summed E-state index contributed by atoms with van der Waals surface area (Å²) in [5.74, 6) is 0.110. The molecule has 10 nitrogen and oxygen atoms in total. The van der Waals surface area contributed by atoms with Gasteiger partial charge in [0.25, 0.3) is 11.6 Å². The van der Waals surface area contributed by atoms with Crippen molar-refractivity contribution < 1.29 is 32.4 Å². The molecule has 2 heterocycles. The second-order valence-electron chi connectivity index (χ2n) is 9.33. The number of alkyl halides is 3. The van der Waals surface area contributed by atoms with Gasteiger partial charge in [-0.2, -0.15) is 18.3 Å². The van der Waals surface area contributed by atoms with Crippen LogP contribution in [0, 0.1) is 10.1 Å². The fraction of sp³-hybridized carbons (Fsp3) is 0.214. The third-order valence-corrected chi connectivity index (χ3v) is 7.01. The average Bonchev–Trinajstić information content (AvgIpc) is 3.37. The molecule has 0 spiro atoms. The lowest BCUT2D eigenvalue weighted by molar-refractivity contribution is -0.384. The van der Waals surface area contributed by atoms with Gasteiger partial charge in [-0.1, -0.05) is 28.1 Å². The Labute approximate surface area is 245 Å². The molecule has 3 aromatic carbocycles. The minimum atomic E-state index is -4.63. The molecule has 1 aromatic heterocycles. The molecule has 2 N–H and O–H groups in total. The number of carbonyl (C=O) groups excluding carboxylic acids is 1. The molecule has 1 aliphatic heterocycles. The summed E-state index contributed by atoms with van der Waals surface area (Å²) >= 11 is 3.32. The van der Waals surface area contributed by atoms with E-state index in [0.29, 0.717) is 23.7 Å². The zero-order valence-corrected chi connectivity index (χ0v) is 23.5. The van der Waals surface area contributed by atoms with Gasteiger partial charge in [0.05, 0.1) is 35.5 Å². The topological polar surface area (TPSA) is 121 Å². The van der Waals surface area contributed by atoms with E-state index >= 15 is 0 Å². The lowest BCUT2D eigenvalue weighted by Gasteiger charge is -2.34. The molecule has 0 radical (unpaired) electrons. The van der Waals surface area contributed by atoms with Crippen LogP contribution in [0.25, 0.3) is 0 Å². The smallest absolute Gasteiger partial charge is 0.410 e. The predicted molar refractivity (Wildman–Crippen MR) is 151 cm³/mol. The Hall–Kier alpha value is -4.59. The molecule has 2 atom stereocenters. The Morgan fingerprint density at radius 3 is 2.45 bits per heavy atom. The second-order valence-corrected chi connectivity index (χ2v) is 10.2. The molecule has 5 rings (SSSR count). The first-order valence-corrected chi connectivity index (χ1v) is 13.5. The SMILES string of the molecule is CCOc1ccc(Oc2cc(NC(=O)c3cnn4c3N[C@H](c3ccc(Br)cc3)C[C@H]4C(F)(F)F)cc([N+](=O)[O-])c2)cc1. The van der Waals surface area contributed by atoms with Crippen LogP contribution in [-0.2, 0) is 0 Å². The number of ether oxygens (including phenoxy) is 2. The standard InChI is InChI=1S/C28H23BrF3N5O5/c1-2-41-20-7-9-21(10-8-20)42-22-12-18(11-19(13-22)37(39)40)34-27(38)23-15-33-36-25(28(30,31)32)14-24(35-26(23)36)16-3-5-17(29)6-4-16/h3-13,15,24-25,35H,2,14H2,1H3,(H,34,38)/t24-,25-/m0/s1. The van der Waals surface area contributed by atoms with Crippen LogP contribution in [0.15, 0.2) is 77.4 Å². The number of anilines is 2. The minimum Gasteiger partial charge on any atom is -0.494 e. The first-order chi connectivity index (χ1) is 20.0. The van der Waals surface area contributed by atoms with Crippen LogP contribution >= 0.6 is 15.9 Å². The quantitative estimate of drug-likeness (QED) is 0.149. The molecule has 218 valence electrons. The maximum absolute atomic E-state index is 14.1. The Kier molecular flexibility index (Phi) is 8.07. The number of nitro benzene ring substituents is 1. The normalized spacial score (nSPS) is 16.2. The van der Waals surface area contributed by atoms with Crippen LogP contribution < -0.4 is 20.1 Å². The van der Waals surface area contributed by atoms with Crippen molar-refractivity contribution in [3.8, 4) is 17.2 Å². The van der Waals surface area contributed by atoms with Gasteiger partial charge in [0.2, 0.25) is 0 Å². The summed E-state index contributed by atoms with van der Waals surface area (Å²) in [6.45, 7) is 2.32. The third kappa shape index (κ3) is 6.33. The molecule has 0 saturated heterocycles. The molecule has 0 saturated carbocycles. The number of amides is 1. The number of nitro groups is 1. The van der Waals surface area contributed by atoms with E-state index in [4.69, 9.17) is 9.47 Å². The third-order valence-electron chi connectivity index (χ3n) is 6.49. The number of benzene rings is 3. The minimum absolute atomic E-state index is 0.00252. The van der Waals surface area contributed by atoms with Gasteiger partial charge in [-0.3, -0.25) is 14.9 Å². The van der Waals surface area contributed by atoms with E-state index in [9.17, 15) is 28.1 Å².